The van der Waals surface area contributed by atoms with Gasteiger partial charge >= 0.3 is 12.1 Å². The van der Waals surface area contributed by atoms with Crippen molar-refractivity contribution in [2.24, 2.45) is 0 Å². The Balaban J connectivity index is 1.77. The van der Waals surface area contributed by atoms with Gasteiger partial charge in [-0.15, -0.1) is 21.5 Å². The molecule has 0 saturated heterocycles. The number of nitrogens with one attached hydrogen (secondary N) is 1. The smallest absolute Gasteiger partial charge is 0.407 e. The standard InChI is InChI=1S/C20H28N4O6S/c1-5-10-24(12-15-22-23-18(29-15)14-7-6-11-31-14)16(25)13-28-17(26)8-9-21-19(27)30-20(2,3)4/h6-7,11H,5,8-10,12-13H2,1-4H3,(H,21,27). The van der Waals surface area contributed by atoms with Crippen LogP contribution < -0.4 is 5.32 Å². The Hall–Kier alpha value is -2.95. The van der Waals surface area contributed by atoms with Crippen LogP contribution in [0.1, 0.15) is 46.4 Å². The summed E-state index contributed by atoms with van der Waals surface area (Å²) in [6.45, 7) is 7.38. The van der Waals surface area contributed by atoms with Gasteiger partial charge in [0.05, 0.1) is 17.8 Å². The molecule has 31 heavy (non-hydrogen) atoms. The number of thiophene rings is 1. The fourth-order valence-corrected chi connectivity index (χ4v) is 3.07. The lowest BCUT2D eigenvalue weighted by Crippen LogP contribution is -2.36. The van der Waals surface area contributed by atoms with Gasteiger partial charge in [-0.1, -0.05) is 13.0 Å². The summed E-state index contributed by atoms with van der Waals surface area (Å²) in [6.07, 6.45) is 0.0199. The molecule has 2 amide bonds. The largest absolute Gasteiger partial charge is 0.456 e. The number of alkyl carbamates (subject to hydrolysis) is 1. The highest BCUT2D eigenvalue weighted by molar-refractivity contribution is 7.13. The maximum absolute atomic E-state index is 12.5. The topological polar surface area (TPSA) is 124 Å². The lowest BCUT2D eigenvalue weighted by Gasteiger charge is -2.20. The molecule has 1 N–H and O–H groups in total. The molecule has 170 valence electrons. The summed E-state index contributed by atoms with van der Waals surface area (Å²) >= 11 is 1.48. The molecule has 0 unspecified atom stereocenters. The summed E-state index contributed by atoms with van der Waals surface area (Å²) in [6, 6.07) is 3.75. The first-order chi connectivity index (χ1) is 14.7. The maximum Gasteiger partial charge on any atom is 0.407 e. The van der Waals surface area contributed by atoms with Crippen LogP contribution in [-0.2, 0) is 25.6 Å². The third kappa shape index (κ3) is 8.75. The van der Waals surface area contributed by atoms with E-state index in [9.17, 15) is 14.4 Å². The average Bonchev–Trinajstić information content (AvgIpc) is 3.36. The van der Waals surface area contributed by atoms with Crippen LogP contribution in [0.4, 0.5) is 4.79 Å². The van der Waals surface area contributed by atoms with E-state index in [-0.39, 0.29) is 25.4 Å². The normalized spacial score (nSPS) is 11.1. The second kappa shape index (κ2) is 11.4. The van der Waals surface area contributed by atoms with E-state index in [0.717, 1.165) is 4.88 Å². The van der Waals surface area contributed by atoms with Crippen molar-refractivity contribution in [3.05, 3.63) is 23.4 Å². The van der Waals surface area contributed by atoms with Crippen molar-refractivity contribution in [2.45, 2.75) is 52.7 Å². The van der Waals surface area contributed by atoms with Gasteiger partial charge in [0.25, 0.3) is 11.8 Å². The van der Waals surface area contributed by atoms with Gasteiger partial charge in [-0.2, -0.15) is 0 Å². The highest BCUT2D eigenvalue weighted by atomic mass is 32.1. The van der Waals surface area contributed by atoms with Crippen LogP contribution in [0.15, 0.2) is 21.9 Å². The summed E-state index contributed by atoms with van der Waals surface area (Å²) in [7, 11) is 0. The van der Waals surface area contributed by atoms with Crippen LogP contribution in [0.2, 0.25) is 0 Å². The van der Waals surface area contributed by atoms with Crippen molar-refractivity contribution in [2.75, 3.05) is 19.7 Å². The van der Waals surface area contributed by atoms with Gasteiger partial charge in [0.15, 0.2) is 6.61 Å². The molecule has 2 aromatic heterocycles. The van der Waals surface area contributed by atoms with Crippen LogP contribution in [0, 0.1) is 0 Å². The molecule has 2 heterocycles. The van der Waals surface area contributed by atoms with E-state index < -0.39 is 24.3 Å². The first-order valence-electron chi connectivity index (χ1n) is 9.94. The third-order valence-electron chi connectivity index (χ3n) is 3.73. The van der Waals surface area contributed by atoms with Crippen LogP contribution >= 0.6 is 11.3 Å². The first kappa shape index (κ1) is 24.3. The lowest BCUT2D eigenvalue weighted by atomic mass is 10.2. The second-order valence-corrected chi connectivity index (χ2v) is 8.58. The van der Waals surface area contributed by atoms with Gasteiger partial charge in [0.1, 0.15) is 5.60 Å². The van der Waals surface area contributed by atoms with E-state index in [4.69, 9.17) is 13.9 Å². The van der Waals surface area contributed by atoms with E-state index in [2.05, 4.69) is 15.5 Å². The first-order valence-corrected chi connectivity index (χ1v) is 10.8. The van der Waals surface area contributed by atoms with Crippen molar-refractivity contribution < 1.29 is 28.3 Å². The quantitative estimate of drug-likeness (QED) is 0.546. The minimum Gasteiger partial charge on any atom is -0.456 e. The number of hydrogen-bond acceptors (Lipinski definition) is 9. The predicted octanol–water partition coefficient (Wildman–Crippen LogP) is 2.99. The molecule has 0 aliphatic carbocycles. The molecule has 0 aliphatic rings. The summed E-state index contributed by atoms with van der Waals surface area (Å²) in [4.78, 5) is 38.2. The number of esters is 1. The van der Waals surface area contributed by atoms with E-state index in [1.807, 2.05) is 24.4 Å². The predicted molar refractivity (Wildman–Crippen MR) is 113 cm³/mol. The molecular formula is C20H28N4O6S. The van der Waals surface area contributed by atoms with Crippen LogP contribution in [0.5, 0.6) is 0 Å². The van der Waals surface area contributed by atoms with Gasteiger partial charge in [-0.05, 0) is 38.6 Å². The Kier molecular flexibility index (Phi) is 8.98. The van der Waals surface area contributed by atoms with Gasteiger partial charge < -0.3 is 24.1 Å². The zero-order chi connectivity index (χ0) is 22.9. The van der Waals surface area contributed by atoms with Crippen LogP contribution in [-0.4, -0.2) is 58.4 Å². The average molecular weight is 453 g/mol. The number of hydrogen-bond donors (Lipinski definition) is 1. The molecule has 11 heteroatoms. The molecule has 0 saturated carbocycles. The molecule has 0 aliphatic heterocycles. The van der Waals surface area contributed by atoms with Crippen molar-refractivity contribution in [1.29, 1.82) is 0 Å². The number of nitrogens with zero attached hydrogens (tertiary/aromatic N) is 3. The van der Waals surface area contributed by atoms with Crippen molar-refractivity contribution in [3.63, 3.8) is 0 Å². The van der Waals surface area contributed by atoms with Gasteiger partial charge in [0.2, 0.25) is 5.89 Å². The number of ether oxygens (including phenoxy) is 2. The molecule has 2 aromatic rings. The molecule has 0 spiro atoms. The van der Waals surface area contributed by atoms with Gasteiger partial charge in [-0.3, -0.25) is 9.59 Å². The highest BCUT2D eigenvalue weighted by Gasteiger charge is 2.20. The van der Waals surface area contributed by atoms with Gasteiger partial charge in [0, 0.05) is 13.1 Å². The molecule has 0 radical (unpaired) electrons. The summed E-state index contributed by atoms with van der Waals surface area (Å²) in [5.74, 6) is -0.263. The molecule has 0 atom stereocenters. The summed E-state index contributed by atoms with van der Waals surface area (Å²) in [5, 5.41) is 12.4. The van der Waals surface area contributed by atoms with Crippen LogP contribution in [0.25, 0.3) is 10.8 Å². The third-order valence-corrected chi connectivity index (χ3v) is 4.58. The molecule has 0 aromatic carbocycles. The molecule has 2 rings (SSSR count). The van der Waals surface area contributed by atoms with Crippen molar-refractivity contribution in [3.8, 4) is 10.8 Å². The SMILES string of the molecule is CCCN(Cc1nnc(-c2cccs2)o1)C(=O)COC(=O)CCNC(=O)OC(C)(C)C. The number of aromatic nitrogens is 2. The van der Waals surface area contributed by atoms with E-state index >= 15 is 0 Å². The minimum atomic E-state index is -0.622. The van der Waals surface area contributed by atoms with E-state index in [1.54, 1.807) is 20.8 Å². The summed E-state index contributed by atoms with van der Waals surface area (Å²) < 4.78 is 15.7. The Labute approximate surface area is 184 Å². The monoisotopic (exact) mass is 452 g/mol. The fourth-order valence-electron chi connectivity index (χ4n) is 2.43. The Bertz CT molecular complexity index is 859. The highest BCUT2D eigenvalue weighted by Crippen LogP contribution is 2.23. The zero-order valence-electron chi connectivity index (χ0n) is 18.2. The van der Waals surface area contributed by atoms with E-state index in [1.165, 1.54) is 16.2 Å². The molecule has 0 bridgehead atoms. The van der Waals surface area contributed by atoms with Gasteiger partial charge in [-0.25, -0.2) is 4.79 Å². The molecule has 0 fully saturated rings. The maximum atomic E-state index is 12.5. The Morgan fingerprint density at radius 3 is 2.68 bits per heavy atom. The number of carbonyl (C=O) groups excluding carboxylic acids is 3. The summed E-state index contributed by atoms with van der Waals surface area (Å²) in [5.41, 5.74) is -0.622. The molecule has 10 nitrogen and oxygen atoms in total. The zero-order valence-corrected chi connectivity index (χ0v) is 19.0. The van der Waals surface area contributed by atoms with E-state index in [0.29, 0.717) is 24.7 Å². The number of rotatable bonds is 10. The number of amides is 2. The molecular weight excluding hydrogens is 424 g/mol. The lowest BCUT2D eigenvalue weighted by molar-refractivity contribution is -0.152. The van der Waals surface area contributed by atoms with Crippen LogP contribution in [0.3, 0.4) is 0 Å². The van der Waals surface area contributed by atoms with Crippen molar-refractivity contribution >= 4 is 29.3 Å². The van der Waals surface area contributed by atoms with Crippen molar-refractivity contribution in [1.82, 2.24) is 20.4 Å². The second-order valence-electron chi connectivity index (χ2n) is 7.63. The number of carbonyl (C=O) groups is 3. The Morgan fingerprint density at radius 1 is 1.26 bits per heavy atom. The Morgan fingerprint density at radius 2 is 2.03 bits per heavy atom. The fraction of sp³-hybridized carbons (Fsp3) is 0.550. The minimum absolute atomic E-state index is 0.0497.